The second kappa shape index (κ2) is 10.1. The largest absolute Gasteiger partial charge is 0.497 e. The van der Waals surface area contributed by atoms with Crippen LogP contribution in [0.3, 0.4) is 0 Å². The first kappa shape index (κ1) is 24.4. The highest BCUT2D eigenvalue weighted by Gasteiger charge is 2.30. The van der Waals surface area contributed by atoms with Crippen LogP contribution in [0.2, 0.25) is 0 Å². The number of anilines is 1. The van der Waals surface area contributed by atoms with Gasteiger partial charge < -0.3 is 24.2 Å². The first-order chi connectivity index (χ1) is 15.6. The third-order valence-corrected chi connectivity index (χ3v) is 6.20. The summed E-state index contributed by atoms with van der Waals surface area (Å²) in [7, 11) is 3.64. The maximum atomic E-state index is 11.4. The second-order valence-corrected chi connectivity index (χ2v) is 9.15. The van der Waals surface area contributed by atoms with E-state index >= 15 is 0 Å². The van der Waals surface area contributed by atoms with Crippen LogP contribution in [0, 0.1) is 13.8 Å². The summed E-state index contributed by atoms with van der Waals surface area (Å²) in [5.41, 5.74) is 2.37. The number of carboxylic acids is 1. The van der Waals surface area contributed by atoms with E-state index in [9.17, 15) is 9.90 Å². The molecular formula is C25H30N2O5S. The van der Waals surface area contributed by atoms with Crippen molar-refractivity contribution in [2.75, 3.05) is 32.2 Å². The molecule has 1 N–H and O–H groups in total. The molecule has 0 fully saturated rings. The average molecular weight is 471 g/mol. The van der Waals surface area contributed by atoms with Gasteiger partial charge in [0.05, 0.1) is 19.3 Å². The van der Waals surface area contributed by atoms with Crippen molar-refractivity contribution in [2.45, 2.75) is 33.3 Å². The summed E-state index contributed by atoms with van der Waals surface area (Å²) in [6.45, 7) is 8.00. The van der Waals surface area contributed by atoms with Gasteiger partial charge in [-0.3, -0.25) is 0 Å². The second-order valence-electron chi connectivity index (χ2n) is 8.31. The summed E-state index contributed by atoms with van der Waals surface area (Å²) in [5.74, 6) is 1.09. The van der Waals surface area contributed by atoms with Crippen molar-refractivity contribution in [3.8, 4) is 28.5 Å². The molecule has 0 atom stereocenters. The van der Waals surface area contributed by atoms with Gasteiger partial charge in [0.2, 0.25) is 0 Å². The SMILES string of the molecule is COc1ccc(-c2csc(N(C)CCOc3cc(C)c(OC(C)(C)C(=O)O)cc3C)n2)cc1. The number of benzene rings is 2. The van der Waals surface area contributed by atoms with Crippen LogP contribution >= 0.6 is 11.3 Å². The molecule has 0 aliphatic carbocycles. The molecule has 0 radical (unpaired) electrons. The van der Waals surface area contributed by atoms with E-state index in [1.807, 2.05) is 62.7 Å². The quantitative estimate of drug-likeness (QED) is 0.436. The van der Waals surface area contributed by atoms with Crippen molar-refractivity contribution in [3.05, 3.63) is 52.9 Å². The van der Waals surface area contributed by atoms with E-state index in [0.29, 0.717) is 18.9 Å². The van der Waals surface area contributed by atoms with E-state index < -0.39 is 11.6 Å². The fourth-order valence-electron chi connectivity index (χ4n) is 3.07. The highest BCUT2D eigenvalue weighted by molar-refractivity contribution is 7.14. The van der Waals surface area contributed by atoms with Gasteiger partial charge in [-0.15, -0.1) is 11.3 Å². The molecule has 3 rings (SSSR count). The van der Waals surface area contributed by atoms with Crippen molar-refractivity contribution in [2.24, 2.45) is 0 Å². The summed E-state index contributed by atoms with van der Waals surface area (Å²) in [6, 6.07) is 11.5. The van der Waals surface area contributed by atoms with Crippen molar-refractivity contribution >= 4 is 22.4 Å². The third kappa shape index (κ3) is 5.96. The molecule has 1 heterocycles. The van der Waals surface area contributed by atoms with Crippen molar-refractivity contribution in [1.29, 1.82) is 0 Å². The molecule has 3 aromatic rings. The zero-order valence-corrected chi connectivity index (χ0v) is 20.7. The number of ether oxygens (including phenoxy) is 3. The zero-order chi connectivity index (χ0) is 24.2. The molecule has 0 bridgehead atoms. The number of aromatic nitrogens is 1. The molecule has 0 amide bonds. The minimum absolute atomic E-state index is 0.481. The molecule has 8 heteroatoms. The van der Waals surface area contributed by atoms with Crippen LogP contribution < -0.4 is 19.1 Å². The predicted octanol–water partition coefficient (Wildman–Crippen LogP) is 5.19. The van der Waals surface area contributed by atoms with E-state index in [1.54, 1.807) is 18.4 Å². The van der Waals surface area contributed by atoms with E-state index in [1.165, 1.54) is 13.8 Å². The van der Waals surface area contributed by atoms with Crippen LogP contribution in [0.5, 0.6) is 17.2 Å². The number of likely N-dealkylation sites (N-methyl/N-ethyl adjacent to an activating group) is 1. The lowest BCUT2D eigenvalue weighted by Crippen LogP contribution is -2.38. The molecule has 33 heavy (non-hydrogen) atoms. The minimum atomic E-state index is -1.30. The van der Waals surface area contributed by atoms with E-state index in [-0.39, 0.29) is 0 Å². The third-order valence-electron chi connectivity index (χ3n) is 5.24. The standard InChI is InChI=1S/C25H30N2O5S/c1-16-14-22(32-25(3,4)23(28)29)17(2)13-21(16)31-12-11-27(5)24-26-20(15-33-24)18-7-9-19(30-6)10-8-18/h7-10,13-15H,11-12H2,1-6H3,(H,28,29). The molecule has 1 aromatic heterocycles. The number of nitrogens with zero attached hydrogens (tertiary/aromatic N) is 2. The fraction of sp³-hybridized carbons (Fsp3) is 0.360. The Hall–Kier alpha value is -3.26. The molecule has 7 nitrogen and oxygen atoms in total. The average Bonchev–Trinajstić information content (AvgIpc) is 3.27. The Labute approximate surface area is 198 Å². The highest BCUT2D eigenvalue weighted by Crippen LogP contribution is 2.31. The minimum Gasteiger partial charge on any atom is -0.497 e. The molecule has 0 spiro atoms. The molecular weight excluding hydrogens is 440 g/mol. The van der Waals surface area contributed by atoms with Crippen LogP contribution in [0.4, 0.5) is 5.13 Å². The normalized spacial score (nSPS) is 11.2. The smallest absolute Gasteiger partial charge is 0.347 e. The van der Waals surface area contributed by atoms with Gasteiger partial charge in [-0.05, 0) is 75.2 Å². The maximum Gasteiger partial charge on any atom is 0.347 e. The lowest BCUT2D eigenvalue weighted by molar-refractivity contribution is -0.152. The van der Waals surface area contributed by atoms with E-state index in [4.69, 9.17) is 19.2 Å². The van der Waals surface area contributed by atoms with Crippen LogP contribution in [-0.2, 0) is 4.79 Å². The van der Waals surface area contributed by atoms with E-state index in [0.717, 1.165) is 39.0 Å². The number of carboxylic acid groups (broad SMARTS) is 1. The summed E-state index contributed by atoms with van der Waals surface area (Å²) >= 11 is 1.59. The molecule has 0 saturated carbocycles. The summed E-state index contributed by atoms with van der Waals surface area (Å²) in [4.78, 5) is 18.2. The summed E-state index contributed by atoms with van der Waals surface area (Å²) in [5, 5.41) is 12.3. The monoisotopic (exact) mass is 470 g/mol. The lowest BCUT2D eigenvalue weighted by Gasteiger charge is -2.24. The van der Waals surface area contributed by atoms with Gasteiger partial charge in [0, 0.05) is 18.0 Å². The summed E-state index contributed by atoms with van der Waals surface area (Å²) in [6.07, 6.45) is 0. The number of aliphatic carboxylic acids is 1. The number of carbonyl (C=O) groups is 1. The molecule has 176 valence electrons. The van der Waals surface area contributed by atoms with E-state index in [2.05, 4.69) is 4.90 Å². The van der Waals surface area contributed by atoms with Crippen LogP contribution in [-0.4, -0.2) is 49.0 Å². The fourth-order valence-corrected chi connectivity index (χ4v) is 3.90. The van der Waals surface area contributed by atoms with Gasteiger partial charge in [-0.2, -0.15) is 0 Å². The Balaban J connectivity index is 1.59. The van der Waals surface area contributed by atoms with Crippen molar-refractivity contribution < 1.29 is 24.1 Å². The van der Waals surface area contributed by atoms with Gasteiger partial charge in [0.1, 0.15) is 23.9 Å². The van der Waals surface area contributed by atoms with Crippen molar-refractivity contribution in [3.63, 3.8) is 0 Å². The Morgan fingerprint density at radius 1 is 1.12 bits per heavy atom. The highest BCUT2D eigenvalue weighted by atomic mass is 32.1. The van der Waals surface area contributed by atoms with Crippen molar-refractivity contribution in [1.82, 2.24) is 4.98 Å². The predicted molar refractivity (Wildman–Crippen MR) is 131 cm³/mol. The molecule has 0 saturated heterocycles. The number of rotatable bonds is 10. The number of aryl methyl sites for hydroxylation is 2. The topological polar surface area (TPSA) is 81.1 Å². The number of methoxy groups -OCH3 is 1. The van der Waals surface area contributed by atoms with Gasteiger partial charge in [-0.25, -0.2) is 9.78 Å². The maximum absolute atomic E-state index is 11.4. The molecule has 0 aliphatic rings. The first-order valence-corrected chi connectivity index (χ1v) is 11.5. The van der Waals surface area contributed by atoms with Crippen LogP contribution in [0.15, 0.2) is 41.8 Å². The first-order valence-electron chi connectivity index (χ1n) is 10.6. The molecule has 0 aliphatic heterocycles. The van der Waals surface area contributed by atoms with Crippen LogP contribution in [0.1, 0.15) is 25.0 Å². The Bertz CT molecular complexity index is 1110. The van der Waals surface area contributed by atoms with Crippen LogP contribution in [0.25, 0.3) is 11.3 Å². The Kier molecular flexibility index (Phi) is 7.48. The summed E-state index contributed by atoms with van der Waals surface area (Å²) < 4.78 is 16.9. The molecule has 0 unspecified atom stereocenters. The number of hydrogen-bond acceptors (Lipinski definition) is 7. The van der Waals surface area contributed by atoms with Gasteiger partial charge >= 0.3 is 5.97 Å². The Morgan fingerprint density at radius 3 is 2.39 bits per heavy atom. The van der Waals surface area contributed by atoms with Gasteiger partial charge in [0.25, 0.3) is 0 Å². The zero-order valence-electron chi connectivity index (χ0n) is 19.8. The molecule has 2 aromatic carbocycles. The Morgan fingerprint density at radius 2 is 1.76 bits per heavy atom. The lowest BCUT2D eigenvalue weighted by atomic mass is 10.1. The van der Waals surface area contributed by atoms with Gasteiger partial charge in [0.15, 0.2) is 10.7 Å². The number of hydrogen-bond donors (Lipinski definition) is 1. The van der Waals surface area contributed by atoms with Gasteiger partial charge in [-0.1, -0.05) is 0 Å². The number of thiazole rings is 1.